The van der Waals surface area contributed by atoms with Crippen LogP contribution in [0.25, 0.3) is 6.08 Å². The number of hydrogen-bond donors (Lipinski definition) is 0. The van der Waals surface area contributed by atoms with Gasteiger partial charge < -0.3 is 19.1 Å². The first-order valence-corrected chi connectivity index (χ1v) is 12.3. The van der Waals surface area contributed by atoms with Crippen LogP contribution in [-0.4, -0.2) is 42.7 Å². The third-order valence-electron chi connectivity index (χ3n) is 5.55. The Morgan fingerprint density at radius 3 is 2.41 bits per heavy atom. The second-order valence-electron chi connectivity index (χ2n) is 7.91. The van der Waals surface area contributed by atoms with Crippen LogP contribution in [0.4, 0.5) is 10.1 Å². The highest BCUT2D eigenvalue weighted by molar-refractivity contribution is 9.10. The Kier molecular flexibility index (Phi) is 8.20. The van der Waals surface area contributed by atoms with Gasteiger partial charge in [-0.2, -0.15) is 0 Å². The smallest absolute Gasteiger partial charge is 0.325 e. The Morgan fingerprint density at radius 1 is 1.05 bits per heavy atom. The van der Waals surface area contributed by atoms with Gasteiger partial charge in [-0.05, 0) is 78.5 Å². The first-order chi connectivity index (χ1) is 17.8. The van der Waals surface area contributed by atoms with E-state index in [9.17, 15) is 14.0 Å². The third-order valence-corrected chi connectivity index (χ3v) is 6.45. The predicted molar refractivity (Wildman–Crippen MR) is 145 cm³/mol. The zero-order chi connectivity index (χ0) is 26.5. The molecular weight excluding hydrogens is 563 g/mol. The number of carbonyl (C=O) groups excluding carboxylic acids is 2. The van der Waals surface area contributed by atoms with E-state index in [0.717, 1.165) is 10.0 Å². The maximum absolute atomic E-state index is 13.6. The summed E-state index contributed by atoms with van der Waals surface area (Å²) in [5.74, 6) is -0.191. The van der Waals surface area contributed by atoms with Crippen molar-refractivity contribution < 1.29 is 28.2 Å². The molecule has 1 fully saturated rings. The van der Waals surface area contributed by atoms with Crippen molar-refractivity contribution >= 4 is 56.9 Å². The molecule has 4 rings (SSSR count). The van der Waals surface area contributed by atoms with Gasteiger partial charge in [-0.25, -0.2) is 4.39 Å². The predicted octanol–water partition coefficient (Wildman–Crippen LogP) is 5.32. The summed E-state index contributed by atoms with van der Waals surface area (Å²) in [4.78, 5) is 28.6. The fourth-order valence-corrected chi connectivity index (χ4v) is 4.37. The fourth-order valence-electron chi connectivity index (χ4n) is 3.64. The molecule has 0 aliphatic carbocycles. The van der Waals surface area contributed by atoms with Crippen LogP contribution in [0.15, 0.2) is 76.9 Å². The molecule has 0 spiro atoms. The molecule has 1 aliphatic rings. The molecule has 0 bridgehead atoms. The first kappa shape index (κ1) is 26.3. The van der Waals surface area contributed by atoms with E-state index < -0.39 is 11.9 Å². The Hall–Kier alpha value is -3.76. The number of ether oxygens (including phenoxy) is 3. The molecule has 10 heteroatoms. The number of amides is 1. The van der Waals surface area contributed by atoms with Crippen LogP contribution in [0.1, 0.15) is 11.1 Å². The second kappa shape index (κ2) is 11.5. The maximum atomic E-state index is 13.6. The van der Waals surface area contributed by atoms with Crippen LogP contribution in [0.3, 0.4) is 0 Å². The molecule has 190 valence electrons. The highest BCUT2D eigenvalue weighted by Crippen LogP contribution is 2.33. The van der Waals surface area contributed by atoms with E-state index in [-0.39, 0.29) is 29.8 Å². The number of carbonyl (C=O) groups is 2. The summed E-state index contributed by atoms with van der Waals surface area (Å²) in [6, 6.07) is 18.2. The third kappa shape index (κ3) is 5.98. The zero-order valence-corrected chi connectivity index (χ0v) is 22.3. The molecular formula is C27H22BrFN2O5S. The van der Waals surface area contributed by atoms with Gasteiger partial charge in [0.05, 0.1) is 19.9 Å². The summed E-state index contributed by atoms with van der Waals surface area (Å²) in [5.41, 5.74) is 2.06. The molecule has 0 saturated carbocycles. The number of rotatable bonds is 8. The van der Waals surface area contributed by atoms with Gasteiger partial charge >= 0.3 is 5.97 Å². The quantitative estimate of drug-likeness (QED) is 0.201. The van der Waals surface area contributed by atoms with Gasteiger partial charge in [-0.1, -0.05) is 28.1 Å². The largest absolute Gasteiger partial charge is 0.497 e. The number of methoxy groups -OCH3 is 2. The lowest BCUT2D eigenvalue weighted by Crippen LogP contribution is -2.35. The van der Waals surface area contributed by atoms with E-state index in [1.165, 1.54) is 29.0 Å². The number of anilines is 1. The van der Waals surface area contributed by atoms with Crippen molar-refractivity contribution in [3.05, 3.63) is 93.8 Å². The van der Waals surface area contributed by atoms with Crippen molar-refractivity contribution in [3.8, 4) is 11.5 Å². The highest BCUT2D eigenvalue weighted by atomic mass is 79.9. The molecule has 3 aromatic carbocycles. The molecule has 1 aliphatic heterocycles. The summed E-state index contributed by atoms with van der Waals surface area (Å²) in [6.07, 6.45) is 1.62. The molecule has 1 heterocycles. The van der Waals surface area contributed by atoms with Crippen molar-refractivity contribution in [2.24, 2.45) is 0 Å². The lowest BCUT2D eigenvalue weighted by molar-refractivity contribution is -0.140. The van der Waals surface area contributed by atoms with Gasteiger partial charge in [0.25, 0.3) is 5.91 Å². The van der Waals surface area contributed by atoms with Gasteiger partial charge in [0, 0.05) is 10.0 Å². The minimum Gasteiger partial charge on any atom is -0.497 e. The lowest BCUT2D eigenvalue weighted by atomic mass is 10.1. The summed E-state index contributed by atoms with van der Waals surface area (Å²) in [5, 5.41) is 0.135. The van der Waals surface area contributed by atoms with Crippen molar-refractivity contribution in [1.29, 1.82) is 0 Å². The number of esters is 1. The summed E-state index contributed by atoms with van der Waals surface area (Å²) < 4.78 is 30.0. The topological polar surface area (TPSA) is 68.3 Å². The summed E-state index contributed by atoms with van der Waals surface area (Å²) in [6.45, 7) is -0.0619. The van der Waals surface area contributed by atoms with Gasteiger partial charge in [0.1, 0.15) is 36.2 Å². The van der Waals surface area contributed by atoms with E-state index in [4.69, 9.17) is 26.4 Å². The SMILES string of the molecule is COC(=O)CN1C(=S)N(c2ccc(OC)cc2)C(=O)/C1=C/c1cc(Br)ccc1OCc1ccc(F)cc1. The van der Waals surface area contributed by atoms with Gasteiger partial charge in [0.2, 0.25) is 0 Å². The number of thiocarbonyl (C=S) groups is 1. The Balaban J connectivity index is 1.71. The Morgan fingerprint density at radius 2 is 1.76 bits per heavy atom. The van der Waals surface area contributed by atoms with Crippen molar-refractivity contribution in [3.63, 3.8) is 0 Å². The molecule has 3 aromatic rings. The monoisotopic (exact) mass is 584 g/mol. The normalized spacial score (nSPS) is 14.3. The molecule has 0 unspecified atom stereocenters. The van der Waals surface area contributed by atoms with Crippen molar-refractivity contribution in [2.75, 3.05) is 25.7 Å². The fraction of sp³-hybridized carbons (Fsp3) is 0.148. The summed E-state index contributed by atoms with van der Waals surface area (Å²) in [7, 11) is 2.82. The maximum Gasteiger partial charge on any atom is 0.325 e. The molecule has 7 nitrogen and oxygen atoms in total. The van der Waals surface area contributed by atoms with E-state index >= 15 is 0 Å². The van der Waals surface area contributed by atoms with Crippen molar-refractivity contribution in [2.45, 2.75) is 6.61 Å². The van der Waals surface area contributed by atoms with E-state index in [1.54, 1.807) is 67.8 Å². The van der Waals surface area contributed by atoms with Gasteiger partial charge in [-0.15, -0.1) is 0 Å². The minimum atomic E-state index is -0.556. The number of nitrogens with zero attached hydrogens (tertiary/aromatic N) is 2. The molecule has 0 N–H and O–H groups in total. The van der Waals surface area contributed by atoms with Crippen LogP contribution >= 0.6 is 28.1 Å². The van der Waals surface area contributed by atoms with E-state index in [2.05, 4.69) is 15.9 Å². The molecule has 37 heavy (non-hydrogen) atoms. The minimum absolute atomic E-state index is 0.135. The van der Waals surface area contributed by atoms with Crippen LogP contribution in [0, 0.1) is 5.82 Å². The average Bonchev–Trinajstić information content (AvgIpc) is 3.13. The molecule has 0 radical (unpaired) electrons. The number of hydrogen-bond acceptors (Lipinski definition) is 6. The second-order valence-corrected chi connectivity index (χ2v) is 9.19. The zero-order valence-electron chi connectivity index (χ0n) is 19.9. The number of halogens is 2. The molecule has 0 aromatic heterocycles. The van der Waals surface area contributed by atoms with Crippen LogP contribution in [0.5, 0.6) is 11.5 Å². The lowest BCUT2D eigenvalue weighted by Gasteiger charge is -2.19. The van der Waals surface area contributed by atoms with E-state index in [0.29, 0.717) is 22.7 Å². The molecule has 1 amide bonds. The standard InChI is InChI=1S/C27H22BrFN2O5S/c1-34-22-10-8-21(9-11-22)31-26(33)23(30(27(31)37)15-25(32)35-2)14-18-13-19(28)5-12-24(18)36-16-17-3-6-20(29)7-4-17/h3-14H,15-16H2,1-2H3/b23-14-. The highest BCUT2D eigenvalue weighted by Gasteiger charge is 2.40. The molecule has 1 saturated heterocycles. The van der Waals surface area contributed by atoms with Crippen LogP contribution in [-0.2, 0) is 20.9 Å². The average molecular weight is 585 g/mol. The molecule has 0 atom stereocenters. The van der Waals surface area contributed by atoms with Crippen molar-refractivity contribution in [1.82, 2.24) is 4.90 Å². The van der Waals surface area contributed by atoms with Gasteiger partial charge in [0.15, 0.2) is 5.11 Å². The first-order valence-electron chi connectivity index (χ1n) is 11.1. The van der Waals surface area contributed by atoms with E-state index in [1.807, 2.05) is 0 Å². The van der Waals surface area contributed by atoms with Crippen LogP contribution < -0.4 is 14.4 Å². The van der Waals surface area contributed by atoms with Gasteiger partial charge in [-0.3, -0.25) is 14.5 Å². The van der Waals surface area contributed by atoms with Crippen LogP contribution in [0.2, 0.25) is 0 Å². The summed E-state index contributed by atoms with van der Waals surface area (Å²) >= 11 is 9.06. The number of benzene rings is 3. The Bertz CT molecular complexity index is 1360. The Labute approximate surface area is 227 Å².